The van der Waals surface area contributed by atoms with Gasteiger partial charge in [-0.05, 0) is 23.4 Å². The van der Waals surface area contributed by atoms with E-state index in [-0.39, 0.29) is 0 Å². The van der Waals surface area contributed by atoms with Gasteiger partial charge in [0.15, 0.2) is 5.16 Å². The summed E-state index contributed by atoms with van der Waals surface area (Å²) >= 11 is 9.23. The molecule has 0 atom stereocenters. The van der Waals surface area contributed by atoms with Crippen molar-refractivity contribution < 1.29 is 0 Å². The summed E-state index contributed by atoms with van der Waals surface area (Å²) in [4.78, 5) is 1.29. The lowest BCUT2D eigenvalue weighted by molar-refractivity contribution is 0.610. The number of hydrogen-bond donors (Lipinski definition) is 0. The second-order valence-corrected chi connectivity index (χ2v) is 7.86. The van der Waals surface area contributed by atoms with E-state index in [2.05, 4.69) is 63.1 Å². The Bertz CT molecular complexity index is 782. The molecular formula is C18H18ClN3S2. The Kier molecular flexibility index (Phi) is 6.12. The topological polar surface area (TPSA) is 30.7 Å². The first-order valence-electron chi connectivity index (χ1n) is 7.67. The molecule has 1 aromatic carbocycles. The lowest BCUT2D eigenvalue weighted by Crippen LogP contribution is -2.08. The first-order valence-corrected chi connectivity index (χ1v) is 9.91. The van der Waals surface area contributed by atoms with Gasteiger partial charge in [0.1, 0.15) is 5.82 Å². The zero-order valence-corrected chi connectivity index (χ0v) is 15.6. The fourth-order valence-corrected chi connectivity index (χ4v) is 3.98. The van der Waals surface area contributed by atoms with Crippen molar-refractivity contribution in [1.29, 1.82) is 0 Å². The third-order valence-corrected chi connectivity index (χ3v) is 5.75. The second-order valence-electron chi connectivity index (χ2n) is 5.35. The Morgan fingerprint density at radius 3 is 2.71 bits per heavy atom. The molecule has 6 heteroatoms. The molecule has 0 aliphatic carbocycles. The van der Waals surface area contributed by atoms with Crippen LogP contribution >= 0.6 is 34.7 Å². The molecule has 2 aromatic heterocycles. The van der Waals surface area contributed by atoms with Crippen molar-refractivity contribution in [2.24, 2.45) is 0 Å². The Hall–Kier alpha value is -1.56. The summed E-state index contributed by atoms with van der Waals surface area (Å²) in [7, 11) is 0. The number of thiophene rings is 1. The summed E-state index contributed by atoms with van der Waals surface area (Å²) in [5.74, 6) is 1.64. The van der Waals surface area contributed by atoms with E-state index in [4.69, 9.17) is 11.6 Å². The SMILES string of the molecule is C=C(Cl)CSc1nnc(Cc2cccs2)n1CCc1ccccc1. The van der Waals surface area contributed by atoms with Gasteiger partial charge in [0.25, 0.3) is 0 Å². The van der Waals surface area contributed by atoms with Gasteiger partial charge in [-0.25, -0.2) is 0 Å². The molecule has 0 saturated heterocycles. The molecular weight excluding hydrogens is 358 g/mol. The molecule has 0 aliphatic heterocycles. The number of nitrogens with zero attached hydrogens (tertiary/aromatic N) is 3. The summed E-state index contributed by atoms with van der Waals surface area (Å²) in [5.41, 5.74) is 1.31. The predicted octanol–water partition coefficient (Wildman–Crippen LogP) is 5.02. The molecule has 0 amide bonds. The monoisotopic (exact) mass is 375 g/mol. The molecule has 0 fully saturated rings. The van der Waals surface area contributed by atoms with E-state index >= 15 is 0 Å². The highest BCUT2D eigenvalue weighted by atomic mass is 35.5. The second kappa shape index (κ2) is 8.51. The van der Waals surface area contributed by atoms with Crippen molar-refractivity contribution in [1.82, 2.24) is 14.8 Å². The molecule has 0 bridgehead atoms. The van der Waals surface area contributed by atoms with Crippen LogP contribution in [-0.2, 0) is 19.4 Å². The third-order valence-electron chi connectivity index (χ3n) is 3.53. The van der Waals surface area contributed by atoms with Crippen molar-refractivity contribution in [2.45, 2.75) is 24.5 Å². The minimum absolute atomic E-state index is 0.623. The largest absolute Gasteiger partial charge is 0.305 e. The van der Waals surface area contributed by atoms with Crippen molar-refractivity contribution in [2.75, 3.05) is 5.75 Å². The van der Waals surface area contributed by atoms with E-state index in [0.717, 1.165) is 30.4 Å². The molecule has 24 heavy (non-hydrogen) atoms. The molecule has 0 spiro atoms. The number of hydrogen-bond acceptors (Lipinski definition) is 4. The van der Waals surface area contributed by atoms with Crippen molar-refractivity contribution in [3.05, 3.63) is 75.7 Å². The normalized spacial score (nSPS) is 10.9. The average Bonchev–Trinajstić information content (AvgIpc) is 3.22. The van der Waals surface area contributed by atoms with Crippen LogP contribution in [0.15, 0.2) is 64.6 Å². The molecule has 3 nitrogen and oxygen atoms in total. The molecule has 0 aliphatic rings. The number of aromatic nitrogens is 3. The van der Waals surface area contributed by atoms with E-state index < -0.39 is 0 Å². The summed E-state index contributed by atoms with van der Waals surface area (Å²) in [6.07, 6.45) is 1.76. The zero-order valence-electron chi connectivity index (χ0n) is 13.2. The molecule has 2 heterocycles. The summed E-state index contributed by atoms with van der Waals surface area (Å²) < 4.78 is 2.21. The number of thioether (sulfide) groups is 1. The number of benzene rings is 1. The van der Waals surface area contributed by atoms with Crippen LogP contribution in [0.2, 0.25) is 0 Å². The molecule has 3 aromatic rings. The number of rotatable bonds is 8. The molecule has 0 radical (unpaired) electrons. The highest BCUT2D eigenvalue weighted by Gasteiger charge is 2.14. The number of aryl methyl sites for hydroxylation is 1. The minimum atomic E-state index is 0.623. The van der Waals surface area contributed by atoms with Crippen LogP contribution in [-0.4, -0.2) is 20.5 Å². The standard InChI is InChI=1S/C18H18ClN3S2/c1-14(19)13-24-18-21-20-17(12-16-8-5-11-23-16)22(18)10-9-15-6-3-2-4-7-15/h2-8,11H,1,9-10,12-13H2. The smallest absolute Gasteiger partial charge is 0.191 e. The summed E-state index contributed by atoms with van der Waals surface area (Å²) in [5, 5.41) is 12.4. The van der Waals surface area contributed by atoms with E-state index in [1.165, 1.54) is 10.4 Å². The average molecular weight is 376 g/mol. The number of halogens is 1. The molecule has 3 rings (SSSR count). The Morgan fingerprint density at radius 1 is 1.17 bits per heavy atom. The Balaban J connectivity index is 1.78. The lowest BCUT2D eigenvalue weighted by atomic mass is 10.1. The molecule has 0 N–H and O–H groups in total. The van der Waals surface area contributed by atoms with Crippen molar-refractivity contribution in [3.63, 3.8) is 0 Å². The highest BCUT2D eigenvalue weighted by Crippen LogP contribution is 2.23. The molecule has 0 saturated carbocycles. The van der Waals surface area contributed by atoms with Crippen LogP contribution in [0.3, 0.4) is 0 Å². The fourth-order valence-electron chi connectivity index (χ4n) is 2.38. The maximum absolute atomic E-state index is 5.90. The Morgan fingerprint density at radius 2 is 2.00 bits per heavy atom. The fraction of sp³-hybridized carbons (Fsp3) is 0.222. The van der Waals surface area contributed by atoms with E-state index in [0.29, 0.717) is 10.8 Å². The van der Waals surface area contributed by atoms with Gasteiger partial charge in [-0.2, -0.15) is 0 Å². The van der Waals surface area contributed by atoms with E-state index in [1.54, 1.807) is 23.1 Å². The first-order chi connectivity index (χ1) is 11.7. The summed E-state index contributed by atoms with van der Waals surface area (Å²) in [6, 6.07) is 14.7. The van der Waals surface area contributed by atoms with Gasteiger partial charge in [-0.1, -0.05) is 66.3 Å². The van der Waals surface area contributed by atoms with Gasteiger partial charge < -0.3 is 4.57 Å². The maximum atomic E-state index is 5.90. The van der Waals surface area contributed by atoms with Gasteiger partial charge in [-0.3, -0.25) is 0 Å². The van der Waals surface area contributed by atoms with Crippen LogP contribution < -0.4 is 0 Å². The predicted molar refractivity (Wildman–Crippen MR) is 103 cm³/mol. The van der Waals surface area contributed by atoms with Crippen LogP contribution in [0.1, 0.15) is 16.3 Å². The first kappa shape index (κ1) is 17.3. The van der Waals surface area contributed by atoms with Crippen LogP contribution in [0.25, 0.3) is 0 Å². The lowest BCUT2D eigenvalue weighted by Gasteiger charge is -2.10. The van der Waals surface area contributed by atoms with E-state index in [1.807, 2.05) is 6.07 Å². The van der Waals surface area contributed by atoms with Crippen LogP contribution in [0.4, 0.5) is 0 Å². The van der Waals surface area contributed by atoms with Gasteiger partial charge in [0, 0.05) is 28.6 Å². The van der Waals surface area contributed by atoms with Crippen molar-refractivity contribution in [3.8, 4) is 0 Å². The molecule has 0 unspecified atom stereocenters. The van der Waals surface area contributed by atoms with E-state index in [9.17, 15) is 0 Å². The minimum Gasteiger partial charge on any atom is -0.305 e. The van der Waals surface area contributed by atoms with Gasteiger partial charge in [0.05, 0.1) is 0 Å². The van der Waals surface area contributed by atoms with Gasteiger partial charge >= 0.3 is 0 Å². The van der Waals surface area contributed by atoms with Crippen molar-refractivity contribution >= 4 is 34.7 Å². The molecule has 124 valence electrons. The summed E-state index contributed by atoms with van der Waals surface area (Å²) in [6.45, 7) is 4.61. The Labute approximate surface area is 155 Å². The highest BCUT2D eigenvalue weighted by molar-refractivity contribution is 7.99. The zero-order chi connectivity index (χ0) is 16.8. The van der Waals surface area contributed by atoms with Crippen LogP contribution in [0, 0.1) is 0 Å². The van der Waals surface area contributed by atoms with Gasteiger partial charge in [-0.15, -0.1) is 21.5 Å². The third kappa shape index (κ3) is 4.72. The quantitative estimate of drug-likeness (QED) is 0.518. The van der Waals surface area contributed by atoms with Gasteiger partial charge in [0.2, 0.25) is 0 Å². The maximum Gasteiger partial charge on any atom is 0.191 e. The van der Waals surface area contributed by atoms with Crippen LogP contribution in [0.5, 0.6) is 0 Å².